The molecule has 21 heavy (non-hydrogen) atoms. The molecule has 0 saturated carbocycles. The summed E-state index contributed by atoms with van der Waals surface area (Å²) in [5.41, 5.74) is 0.128. The van der Waals surface area contributed by atoms with Crippen molar-refractivity contribution in [2.24, 2.45) is 0 Å². The molecule has 3 aromatic rings. The Morgan fingerprint density at radius 3 is 2.29 bits per heavy atom. The van der Waals surface area contributed by atoms with Crippen LogP contribution in [-0.2, 0) is 4.74 Å². The summed E-state index contributed by atoms with van der Waals surface area (Å²) in [5, 5.41) is 4.22. The molecule has 0 aliphatic heterocycles. The van der Waals surface area contributed by atoms with E-state index in [9.17, 15) is 4.79 Å². The lowest BCUT2D eigenvalue weighted by Gasteiger charge is -2.20. The molecule has 106 valence electrons. The molecule has 0 N–H and O–H groups in total. The summed E-state index contributed by atoms with van der Waals surface area (Å²) in [6, 6.07) is 18.0. The molecule has 0 radical (unpaired) electrons. The molecule has 0 heterocycles. The highest BCUT2D eigenvalue weighted by Crippen LogP contribution is 2.29. The number of rotatable bonds is 1. The molecule has 0 atom stereocenters. The van der Waals surface area contributed by atoms with Gasteiger partial charge < -0.3 is 4.74 Å². The number of hydrogen-bond acceptors (Lipinski definition) is 2. The molecule has 3 rings (SSSR count). The minimum absolute atomic E-state index is 0.274. The predicted molar refractivity (Wildman–Crippen MR) is 86.6 cm³/mol. The van der Waals surface area contributed by atoms with Crippen molar-refractivity contribution in [1.29, 1.82) is 0 Å². The van der Waals surface area contributed by atoms with Crippen LogP contribution in [0.5, 0.6) is 0 Å². The van der Waals surface area contributed by atoms with Crippen LogP contribution in [0.3, 0.4) is 0 Å². The van der Waals surface area contributed by atoms with Crippen molar-refractivity contribution in [2.45, 2.75) is 26.4 Å². The van der Waals surface area contributed by atoms with E-state index in [0.29, 0.717) is 5.56 Å². The van der Waals surface area contributed by atoms with Gasteiger partial charge in [-0.1, -0.05) is 48.5 Å². The third kappa shape index (κ3) is 2.62. The van der Waals surface area contributed by atoms with Crippen LogP contribution in [0.15, 0.2) is 54.6 Å². The Balaban J connectivity index is 2.28. The molecule has 0 fully saturated rings. The number of fused-ring (bicyclic) bond motifs is 3. The third-order valence-electron chi connectivity index (χ3n) is 3.39. The summed E-state index contributed by atoms with van der Waals surface area (Å²) < 4.78 is 5.54. The zero-order chi connectivity index (χ0) is 15.0. The van der Waals surface area contributed by atoms with Crippen molar-refractivity contribution in [3.05, 3.63) is 60.2 Å². The quantitative estimate of drug-likeness (QED) is 0.465. The van der Waals surface area contributed by atoms with Crippen LogP contribution in [-0.4, -0.2) is 11.6 Å². The van der Waals surface area contributed by atoms with E-state index in [-0.39, 0.29) is 5.97 Å². The van der Waals surface area contributed by atoms with Gasteiger partial charge in [0.1, 0.15) is 5.60 Å². The van der Waals surface area contributed by atoms with Gasteiger partial charge in [-0.25, -0.2) is 4.79 Å². The predicted octanol–water partition coefficient (Wildman–Crippen LogP) is 4.95. The van der Waals surface area contributed by atoms with E-state index in [1.165, 1.54) is 0 Å². The summed E-state index contributed by atoms with van der Waals surface area (Å²) in [5.74, 6) is -0.274. The standard InChI is InChI=1S/C19H18O2/c1-19(2,3)21-18(20)16-10-6-8-14-12-11-13-7-4-5-9-15(13)17(14)16/h4-12H,1-3H3. The highest BCUT2D eigenvalue weighted by molar-refractivity contribution is 6.16. The highest BCUT2D eigenvalue weighted by Gasteiger charge is 2.20. The Bertz CT molecular complexity index is 826. The van der Waals surface area contributed by atoms with E-state index in [1.54, 1.807) is 0 Å². The molecule has 0 bridgehead atoms. The number of carbonyl (C=O) groups is 1. The highest BCUT2D eigenvalue weighted by atomic mass is 16.6. The molecule has 0 amide bonds. The Hall–Kier alpha value is -2.35. The average Bonchev–Trinajstić information content (AvgIpc) is 2.44. The molecule has 0 saturated heterocycles. The number of ether oxygens (including phenoxy) is 1. The zero-order valence-corrected chi connectivity index (χ0v) is 12.5. The minimum Gasteiger partial charge on any atom is -0.456 e. The molecule has 0 unspecified atom stereocenters. The first kappa shape index (κ1) is 13.6. The SMILES string of the molecule is CC(C)(C)OC(=O)c1cccc2ccc3ccccc3c12. The van der Waals surface area contributed by atoms with Gasteiger partial charge in [0.15, 0.2) is 0 Å². The molecular formula is C19H18O2. The van der Waals surface area contributed by atoms with Gasteiger partial charge in [-0.2, -0.15) is 0 Å². The van der Waals surface area contributed by atoms with Crippen LogP contribution in [0.4, 0.5) is 0 Å². The van der Waals surface area contributed by atoms with Crippen LogP contribution in [0, 0.1) is 0 Å². The maximum atomic E-state index is 12.5. The molecule has 2 nitrogen and oxygen atoms in total. The van der Waals surface area contributed by atoms with Gasteiger partial charge in [-0.15, -0.1) is 0 Å². The lowest BCUT2D eigenvalue weighted by atomic mass is 9.97. The monoisotopic (exact) mass is 278 g/mol. The van der Waals surface area contributed by atoms with Crippen LogP contribution < -0.4 is 0 Å². The lowest BCUT2D eigenvalue weighted by molar-refractivity contribution is 0.00719. The third-order valence-corrected chi connectivity index (χ3v) is 3.39. The van der Waals surface area contributed by atoms with Crippen molar-refractivity contribution >= 4 is 27.5 Å². The van der Waals surface area contributed by atoms with Crippen LogP contribution >= 0.6 is 0 Å². The van der Waals surface area contributed by atoms with Gasteiger partial charge in [0, 0.05) is 5.39 Å². The van der Waals surface area contributed by atoms with E-state index in [4.69, 9.17) is 4.74 Å². The summed E-state index contributed by atoms with van der Waals surface area (Å²) in [6.45, 7) is 5.65. The number of esters is 1. The topological polar surface area (TPSA) is 26.3 Å². The van der Waals surface area contributed by atoms with Crippen molar-refractivity contribution in [3.63, 3.8) is 0 Å². The van der Waals surface area contributed by atoms with Crippen molar-refractivity contribution in [2.75, 3.05) is 0 Å². The van der Waals surface area contributed by atoms with Crippen molar-refractivity contribution in [1.82, 2.24) is 0 Å². The first-order valence-corrected chi connectivity index (χ1v) is 7.09. The van der Waals surface area contributed by atoms with Crippen LogP contribution in [0.1, 0.15) is 31.1 Å². The molecule has 0 aliphatic carbocycles. The second kappa shape index (κ2) is 4.88. The van der Waals surface area contributed by atoms with Crippen molar-refractivity contribution < 1.29 is 9.53 Å². The van der Waals surface area contributed by atoms with E-state index in [2.05, 4.69) is 12.1 Å². The summed E-state index contributed by atoms with van der Waals surface area (Å²) >= 11 is 0. The molecule has 0 aliphatic rings. The molecule has 0 spiro atoms. The fourth-order valence-corrected chi connectivity index (χ4v) is 2.56. The Morgan fingerprint density at radius 2 is 1.52 bits per heavy atom. The van der Waals surface area contributed by atoms with Gasteiger partial charge in [-0.05, 0) is 43.0 Å². The van der Waals surface area contributed by atoms with E-state index >= 15 is 0 Å². The van der Waals surface area contributed by atoms with Gasteiger partial charge in [-0.3, -0.25) is 0 Å². The van der Waals surface area contributed by atoms with Crippen LogP contribution in [0.2, 0.25) is 0 Å². The fourth-order valence-electron chi connectivity index (χ4n) is 2.56. The molecule has 3 aromatic carbocycles. The van der Waals surface area contributed by atoms with Crippen molar-refractivity contribution in [3.8, 4) is 0 Å². The summed E-state index contributed by atoms with van der Waals surface area (Å²) in [6.07, 6.45) is 0. The van der Waals surface area contributed by atoms with E-state index in [0.717, 1.165) is 21.5 Å². The number of hydrogen-bond donors (Lipinski definition) is 0. The Kier molecular flexibility index (Phi) is 3.17. The summed E-state index contributed by atoms with van der Waals surface area (Å²) in [7, 11) is 0. The first-order valence-electron chi connectivity index (χ1n) is 7.09. The minimum atomic E-state index is -0.496. The van der Waals surface area contributed by atoms with E-state index < -0.39 is 5.60 Å². The smallest absolute Gasteiger partial charge is 0.339 e. The fraction of sp³-hybridized carbons (Fsp3) is 0.211. The Morgan fingerprint density at radius 1 is 0.857 bits per heavy atom. The maximum Gasteiger partial charge on any atom is 0.339 e. The van der Waals surface area contributed by atoms with E-state index in [1.807, 2.05) is 63.2 Å². The first-order chi connectivity index (χ1) is 9.96. The van der Waals surface area contributed by atoms with Crippen LogP contribution in [0.25, 0.3) is 21.5 Å². The number of carbonyl (C=O) groups excluding carboxylic acids is 1. The Labute approximate surface area is 124 Å². The second-order valence-corrected chi connectivity index (χ2v) is 6.19. The molecule has 0 aromatic heterocycles. The molecule has 2 heteroatoms. The number of benzene rings is 3. The van der Waals surface area contributed by atoms with Gasteiger partial charge >= 0.3 is 5.97 Å². The maximum absolute atomic E-state index is 12.5. The largest absolute Gasteiger partial charge is 0.456 e. The normalized spacial score (nSPS) is 11.8. The average molecular weight is 278 g/mol. The zero-order valence-electron chi connectivity index (χ0n) is 12.5. The lowest BCUT2D eigenvalue weighted by Crippen LogP contribution is -2.24. The van der Waals surface area contributed by atoms with Gasteiger partial charge in [0.2, 0.25) is 0 Å². The second-order valence-electron chi connectivity index (χ2n) is 6.19. The molecular weight excluding hydrogens is 260 g/mol. The van der Waals surface area contributed by atoms with Gasteiger partial charge in [0.25, 0.3) is 0 Å². The van der Waals surface area contributed by atoms with Gasteiger partial charge in [0.05, 0.1) is 5.56 Å². The summed E-state index contributed by atoms with van der Waals surface area (Å²) in [4.78, 5) is 12.5.